The van der Waals surface area contributed by atoms with Gasteiger partial charge in [0.25, 0.3) is 10.0 Å². The number of halogens is 3. The van der Waals surface area contributed by atoms with Gasteiger partial charge < -0.3 is 14.8 Å². The number of hydrogen-bond acceptors (Lipinski definition) is 9. The normalized spacial score (nSPS) is 21.1. The summed E-state index contributed by atoms with van der Waals surface area (Å²) in [4.78, 5) is 38.8. The molecular formula is C35H41Cl3N6O6S. The lowest BCUT2D eigenvalue weighted by molar-refractivity contribution is 0.0217. The fraction of sp³-hybridized carbons (Fsp3) is 0.486. The average Bonchev–Trinajstić information content (AvgIpc) is 3.88. The highest BCUT2D eigenvalue weighted by Gasteiger charge is 2.39. The third kappa shape index (κ3) is 8.42. The molecule has 0 aliphatic carbocycles. The summed E-state index contributed by atoms with van der Waals surface area (Å²) in [6.45, 7) is 8.33. The number of amidine groups is 1. The van der Waals surface area contributed by atoms with Crippen LogP contribution in [0, 0.1) is 6.92 Å². The summed E-state index contributed by atoms with van der Waals surface area (Å²) in [5.41, 5.74) is 2.34. The number of aryl methyl sites for hydroxylation is 1. The largest absolute Gasteiger partial charge is 0.445 e. The third-order valence-corrected chi connectivity index (χ3v) is 11.0. The van der Waals surface area contributed by atoms with Gasteiger partial charge in [-0.2, -0.15) is 0 Å². The van der Waals surface area contributed by atoms with Crippen LogP contribution < -0.4 is 5.32 Å². The third-order valence-electron chi connectivity index (χ3n) is 8.99. The zero-order valence-electron chi connectivity index (χ0n) is 28.8. The van der Waals surface area contributed by atoms with Crippen molar-refractivity contribution in [3.05, 3.63) is 71.7 Å². The van der Waals surface area contributed by atoms with E-state index >= 15 is 0 Å². The number of benzene rings is 2. The maximum atomic E-state index is 14.1. The minimum atomic E-state index is -4.06. The van der Waals surface area contributed by atoms with Crippen molar-refractivity contribution in [2.24, 2.45) is 4.99 Å². The first-order valence-corrected chi connectivity index (χ1v) is 19.4. The molecule has 0 radical (unpaired) electrons. The molecule has 0 spiro atoms. The van der Waals surface area contributed by atoms with Gasteiger partial charge in [0.05, 0.1) is 35.3 Å². The number of aromatic nitrogens is 2. The van der Waals surface area contributed by atoms with Crippen LogP contribution in [0.1, 0.15) is 75.5 Å². The fourth-order valence-electron chi connectivity index (χ4n) is 6.56. The molecule has 12 nitrogen and oxygen atoms in total. The first-order chi connectivity index (χ1) is 24.0. The summed E-state index contributed by atoms with van der Waals surface area (Å²) in [7, 11) is -4.06. The Hall–Kier alpha value is -3.52. The van der Waals surface area contributed by atoms with Gasteiger partial charge in [-0.3, -0.25) is 14.8 Å². The maximum Gasteiger partial charge on any atom is 0.410 e. The van der Waals surface area contributed by atoms with E-state index in [1.54, 1.807) is 54.8 Å². The molecule has 4 heterocycles. The standard InChI is InChI=1S/C35H41Cl3N6O6S/c1-22-9-15-25(16-10-22)51(47,48)44-20-27(41-31(44)29-8-6-18-43(29)33(46)50-34(2,3)4)24-13-11-23(12-14-24)26-19-39-30(40-26)28-7-5-17-42(28)32(45)49-21-35(36,37)38/h9-16,20,26,28-29H,5-8,17-19,21H2,1-4H3,(H,39,40)/t26?,28-,29-/m0/s1. The molecule has 0 bridgehead atoms. The van der Waals surface area contributed by atoms with E-state index in [-0.39, 0.29) is 29.4 Å². The van der Waals surface area contributed by atoms with Crippen molar-refractivity contribution >= 4 is 62.8 Å². The number of ether oxygens (including phenoxy) is 2. The SMILES string of the molecule is Cc1ccc(S(=O)(=O)n2cc(-c3ccc(C4CN=C([C@@H]5CCCN5C(=O)OCC(Cl)(Cl)Cl)N4)cc3)nc2[C@@H]2CCCN2C(=O)OC(C)(C)C)cc1. The number of nitrogens with one attached hydrogen (secondary N) is 1. The average molecular weight is 780 g/mol. The quantitative estimate of drug-likeness (QED) is 0.249. The highest BCUT2D eigenvalue weighted by molar-refractivity contribution is 7.90. The molecule has 3 aliphatic heterocycles. The molecule has 2 amide bonds. The number of amides is 2. The Morgan fingerprint density at radius 2 is 1.55 bits per heavy atom. The highest BCUT2D eigenvalue weighted by atomic mass is 35.6. The lowest BCUT2D eigenvalue weighted by Crippen LogP contribution is -2.45. The van der Waals surface area contributed by atoms with E-state index in [0.29, 0.717) is 49.6 Å². The van der Waals surface area contributed by atoms with Crippen molar-refractivity contribution in [2.75, 3.05) is 26.2 Å². The summed E-state index contributed by atoms with van der Waals surface area (Å²) in [6, 6.07) is 13.3. The number of imidazole rings is 1. The summed E-state index contributed by atoms with van der Waals surface area (Å²) >= 11 is 17.3. The van der Waals surface area contributed by atoms with Gasteiger partial charge in [-0.15, -0.1) is 0 Å². The Morgan fingerprint density at radius 1 is 0.922 bits per heavy atom. The number of carbonyl (C=O) groups excluding carboxylic acids is 2. The topological polar surface area (TPSA) is 135 Å². The molecule has 51 heavy (non-hydrogen) atoms. The van der Waals surface area contributed by atoms with Crippen LogP contribution in [-0.2, 0) is 19.5 Å². The molecule has 1 N–H and O–H groups in total. The minimum Gasteiger partial charge on any atom is -0.445 e. The minimum absolute atomic E-state index is 0.123. The second kappa shape index (κ2) is 14.5. The van der Waals surface area contributed by atoms with Gasteiger partial charge in [0.1, 0.15) is 23.9 Å². The van der Waals surface area contributed by atoms with Gasteiger partial charge in [0.15, 0.2) is 0 Å². The van der Waals surface area contributed by atoms with Crippen molar-refractivity contribution in [2.45, 2.75) is 85.8 Å². The molecule has 0 saturated carbocycles. The van der Waals surface area contributed by atoms with Gasteiger partial charge >= 0.3 is 12.2 Å². The van der Waals surface area contributed by atoms with Gasteiger partial charge in [0.2, 0.25) is 3.79 Å². The molecular weight excluding hydrogens is 739 g/mol. The maximum absolute atomic E-state index is 14.1. The predicted molar refractivity (Wildman–Crippen MR) is 196 cm³/mol. The van der Waals surface area contributed by atoms with Crippen LogP contribution in [0.4, 0.5) is 9.59 Å². The Labute approximate surface area is 313 Å². The summed E-state index contributed by atoms with van der Waals surface area (Å²) < 4.78 is 38.6. The van der Waals surface area contributed by atoms with Gasteiger partial charge in [0, 0.05) is 24.8 Å². The van der Waals surface area contributed by atoms with Gasteiger partial charge in [-0.25, -0.2) is 27.0 Å². The molecule has 274 valence electrons. The predicted octanol–water partition coefficient (Wildman–Crippen LogP) is 7.18. The second-order valence-corrected chi connectivity index (χ2v) is 18.3. The zero-order valence-corrected chi connectivity index (χ0v) is 31.9. The van der Waals surface area contributed by atoms with Crippen LogP contribution in [0.25, 0.3) is 11.3 Å². The monoisotopic (exact) mass is 778 g/mol. The van der Waals surface area contributed by atoms with Crippen LogP contribution in [0.3, 0.4) is 0 Å². The van der Waals surface area contributed by atoms with Crippen LogP contribution in [0.5, 0.6) is 0 Å². The molecule has 16 heteroatoms. The number of likely N-dealkylation sites (tertiary alicyclic amines) is 2. The first kappa shape index (κ1) is 37.2. The van der Waals surface area contributed by atoms with Crippen molar-refractivity contribution in [1.29, 1.82) is 0 Å². The summed E-state index contributed by atoms with van der Waals surface area (Å²) in [5.74, 6) is 0.949. The smallest absolute Gasteiger partial charge is 0.410 e. The van der Waals surface area contributed by atoms with Crippen LogP contribution in [-0.4, -0.2) is 86.9 Å². The van der Waals surface area contributed by atoms with E-state index in [9.17, 15) is 18.0 Å². The Morgan fingerprint density at radius 3 is 2.18 bits per heavy atom. The van der Waals surface area contributed by atoms with E-state index in [2.05, 4.69) is 5.32 Å². The lowest BCUT2D eigenvalue weighted by Gasteiger charge is -2.28. The Bertz CT molecular complexity index is 1910. The molecule has 2 fully saturated rings. The van der Waals surface area contributed by atoms with E-state index in [1.165, 1.54) is 10.2 Å². The highest BCUT2D eigenvalue weighted by Crippen LogP contribution is 2.36. The molecule has 2 saturated heterocycles. The van der Waals surface area contributed by atoms with Crippen molar-refractivity contribution in [3.63, 3.8) is 0 Å². The van der Waals surface area contributed by atoms with E-state index < -0.39 is 37.6 Å². The van der Waals surface area contributed by atoms with E-state index in [0.717, 1.165) is 24.0 Å². The first-order valence-electron chi connectivity index (χ1n) is 16.8. The van der Waals surface area contributed by atoms with Gasteiger partial charge in [-0.1, -0.05) is 76.8 Å². The van der Waals surface area contributed by atoms with E-state index in [1.807, 2.05) is 31.2 Å². The van der Waals surface area contributed by atoms with Crippen LogP contribution >= 0.6 is 34.8 Å². The number of hydrogen-bond donors (Lipinski definition) is 1. The van der Waals surface area contributed by atoms with Crippen molar-refractivity contribution < 1.29 is 27.5 Å². The summed E-state index contributed by atoms with van der Waals surface area (Å²) in [5, 5.41) is 3.46. The molecule has 3 aliphatic rings. The fourth-order valence-corrected chi connectivity index (χ4v) is 8.08. The number of carbonyl (C=O) groups is 2. The van der Waals surface area contributed by atoms with Crippen LogP contribution in [0.2, 0.25) is 0 Å². The molecule has 6 rings (SSSR count). The summed E-state index contributed by atoms with van der Waals surface area (Å²) in [6.07, 6.45) is 3.19. The van der Waals surface area contributed by atoms with Crippen molar-refractivity contribution in [1.82, 2.24) is 24.1 Å². The van der Waals surface area contributed by atoms with Crippen molar-refractivity contribution in [3.8, 4) is 11.3 Å². The van der Waals surface area contributed by atoms with E-state index in [4.69, 9.17) is 54.3 Å². The number of aliphatic imine (C=N–C) groups is 1. The number of nitrogens with zero attached hydrogens (tertiary/aromatic N) is 5. The molecule has 1 aromatic heterocycles. The number of rotatable bonds is 7. The molecule has 2 aromatic carbocycles. The number of alkyl halides is 3. The second-order valence-electron chi connectivity index (χ2n) is 14.0. The molecule has 3 aromatic rings. The molecule has 3 atom stereocenters. The Balaban J connectivity index is 1.24. The van der Waals surface area contributed by atoms with Crippen LogP contribution in [0.15, 0.2) is 64.6 Å². The zero-order chi connectivity index (χ0) is 36.7. The molecule has 1 unspecified atom stereocenters. The Kier molecular flexibility index (Phi) is 10.6. The van der Waals surface area contributed by atoms with Gasteiger partial charge in [-0.05, 0) is 71.1 Å². The lowest BCUT2D eigenvalue weighted by atomic mass is 10.0.